The maximum absolute atomic E-state index is 12.7. The van der Waals surface area contributed by atoms with Crippen molar-refractivity contribution in [2.45, 2.75) is 32.6 Å². The Labute approximate surface area is 175 Å². The highest BCUT2D eigenvalue weighted by molar-refractivity contribution is 6.06. The highest BCUT2D eigenvalue weighted by Crippen LogP contribution is 2.30. The molecule has 1 amide bonds. The first-order valence-electron chi connectivity index (χ1n) is 9.71. The standard InChI is InChI=1S/C21H27N5O4/c1-12-18-14(25-26-21(22)23)5-4-6-16(18)30-19(12)20(27)24-10-9-13-7-8-15(28-2)17(11-13)29-3/h7-8,11H,4-6,9-10H2,1-3H3,(H,24,27)(H4,22,23,26)/b25-14+. The van der Waals surface area contributed by atoms with Gasteiger partial charge in [-0.1, -0.05) is 6.07 Å². The summed E-state index contributed by atoms with van der Waals surface area (Å²) in [4.78, 5) is 12.7. The first-order valence-corrected chi connectivity index (χ1v) is 9.71. The number of nitrogens with two attached hydrogens (primary N) is 2. The van der Waals surface area contributed by atoms with E-state index in [9.17, 15) is 4.79 Å². The van der Waals surface area contributed by atoms with E-state index in [1.54, 1.807) is 14.2 Å². The number of carbonyl (C=O) groups is 1. The molecule has 160 valence electrons. The van der Waals surface area contributed by atoms with Gasteiger partial charge in [-0.15, -0.1) is 5.10 Å². The SMILES string of the molecule is COc1ccc(CCNC(=O)c2oc3c(c2C)/C(=N/N=C(N)N)CCC3)cc1OC. The predicted molar refractivity (Wildman–Crippen MR) is 114 cm³/mol. The number of amides is 1. The van der Waals surface area contributed by atoms with Crippen molar-refractivity contribution in [1.29, 1.82) is 0 Å². The highest BCUT2D eigenvalue weighted by atomic mass is 16.5. The van der Waals surface area contributed by atoms with Crippen molar-refractivity contribution >= 4 is 17.6 Å². The van der Waals surface area contributed by atoms with Gasteiger partial charge in [0.15, 0.2) is 17.3 Å². The lowest BCUT2D eigenvalue weighted by molar-refractivity contribution is 0.0923. The van der Waals surface area contributed by atoms with E-state index in [0.717, 1.165) is 47.4 Å². The van der Waals surface area contributed by atoms with Gasteiger partial charge in [0.25, 0.3) is 5.91 Å². The average molecular weight is 413 g/mol. The van der Waals surface area contributed by atoms with E-state index >= 15 is 0 Å². The van der Waals surface area contributed by atoms with Crippen LogP contribution in [0.15, 0.2) is 32.8 Å². The zero-order valence-corrected chi connectivity index (χ0v) is 17.4. The van der Waals surface area contributed by atoms with Gasteiger partial charge in [-0.25, -0.2) is 0 Å². The summed E-state index contributed by atoms with van der Waals surface area (Å²) in [5.74, 6) is 2.00. The van der Waals surface area contributed by atoms with Crippen LogP contribution in [0.5, 0.6) is 11.5 Å². The topological polar surface area (TPSA) is 137 Å². The Hall–Kier alpha value is -3.49. The van der Waals surface area contributed by atoms with Crippen molar-refractivity contribution in [3.05, 3.63) is 46.4 Å². The van der Waals surface area contributed by atoms with Crippen LogP contribution in [-0.4, -0.2) is 38.3 Å². The number of carbonyl (C=O) groups excluding carboxylic acids is 1. The van der Waals surface area contributed by atoms with Crippen LogP contribution in [0.25, 0.3) is 0 Å². The van der Waals surface area contributed by atoms with E-state index in [4.69, 9.17) is 25.4 Å². The maximum Gasteiger partial charge on any atom is 0.287 e. The molecule has 0 saturated carbocycles. The van der Waals surface area contributed by atoms with Gasteiger partial charge in [0.05, 0.1) is 19.9 Å². The van der Waals surface area contributed by atoms with E-state index < -0.39 is 0 Å². The fourth-order valence-corrected chi connectivity index (χ4v) is 3.54. The van der Waals surface area contributed by atoms with Crippen molar-refractivity contribution in [3.8, 4) is 11.5 Å². The second-order valence-corrected chi connectivity index (χ2v) is 6.97. The summed E-state index contributed by atoms with van der Waals surface area (Å²) in [5.41, 5.74) is 14.1. The molecule has 9 nitrogen and oxygen atoms in total. The molecule has 0 atom stereocenters. The van der Waals surface area contributed by atoms with Gasteiger partial charge in [0, 0.05) is 24.1 Å². The molecular formula is C21H27N5O4. The Morgan fingerprint density at radius 2 is 1.97 bits per heavy atom. The fourth-order valence-electron chi connectivity index (χ4n) is 3.54. The molecule has 3 rings (SSSR count). The predicted octanol–water partition coefficient (Wildman–Crippen LogP) is 1.89. The monoisotopic (exact) mass is 413 g/mol. The van der Waals surface area contributed by atoms with E-state index in [-0.39, 0.29) is 11.9 Å². The number of fused-ring (bicyclic) bond motifs is 1. The van der Waals surface area contributed by atoms with Crippen molar-refractivity contribution in [2.24, 2.45) is 21.7 Å². The number of rotatable bonds is 7. The third-order valence-electron chi connectivity index (χ3n) is 4.97. The molecule has 1 aromatic carbocycles. The number of benzene rings is 1. The molecule has 0 saturated heterocycles. The molecule has 30 heavy (non-hydrogen) atoms. The molecular weight excluding hydrogens is 386 g/mol. The zero-order chi connectivity index (χ0) is 21.7. The third kappa shape index (κ3) is 4.56. The van der Waals surface area contributed by atoms with Crippen LogP contribution in [0.4, 0.5) is 0 Å². The third-order valence-corrected chi connectivity index (χ3v) is 4.97. The summed E-state index contributed by atoms with van der Waals surface area (Å²) in [6.45, 7) is 2.30. The second kappa shape index (κ2) is 9.34. The van der Waals surface area contributed by atoms with Crippen LogP contribution < -0.4 is 26.3 Å². The van der Waals surface area contributed by atoms with Crippen molar-refractivity contribution < 1.29 is 18.7 Å². The molecule has 9 heteroatoms. The van der Waals surface area contributed by atoms with Gasteiger partial charge in [0.2, 0.25) is 5.96 Å². The molecule has 1 aromatic heterocycles. The van der Waals surface area contributed by atoms with E-state index in [1.807, 2.05) is 25.1 Å². The normalized spacial score (nSPS) is 14.2. The van der Waals surface area contributed by atoms with E-state index in [1.165, 1.54) is 0 Å². The van der Waals surface area contributed by atoms with Gasteiger partial charge in [-0.2, -0.15) is 5.10 Å². The molecule has 5 N–H and O–H groups in total. The minimum absolute atomic E-state index is 0.107. The van der Waals surface area contributed by atoms with Crippen LogP contribution in [0.2, 0.25) is 0 Å². The molecule has 1 heterocycles. The Morgan fingerprint density at radius 3 is 2.67 bits per heavy atom. The largest absolute Gasteiger partial charge is 0.493 e. The van der Waals surface area contributed by atoms with Crippen LogP contribution in [0.1, 0.15) is 45.8 Å². The number of hydrogen-bond donors (Lipinski definition) is 3. The number of furan rings is 1. The summed E-state index contributed by atoms with van der Waals surface area (Å²) in [6.07, 6.45) is 2.97. The highest BCUT2D eigenvalue weighted by Gasteiger charge is 2.27. The Morgan fingerprint density at radius 1 is 1.20 bits per heavy atom. The van der Waals surface area contributed by atoms with Crippen LogP contribution in [0.3, 0.4) is 0 Å². The Kier molecular flexibility index (Phi) is 6.61. The summed E-state index contributed by atoms with van der Waals surface area (Å²) in [6, 6.07) is 5.68. The number of methoxy groups -OCH3 is 2. The van der Waals surface area contributed by atoms with Crippen LogP contribution in [0, 0.1) is 6.92 Å². The summed E-state index contributed by atoms with van der Waals surface area (Å²) < 4.78 is 16.4. The number of aryl methyl sites for hydroxylation is 1. The number of nitrogens with zero attached hydrogens (tertiary/aromatic N) is 2. The van der Waals surface area contributed by atoms with Gasteiger partial charge in [0.1, 0.15) is 5.76 Å². The van der Waals surface area contributed by atoms with Crippen molar-refractivity contribution in [3.63, 3.8) is 0 Å². The number of nitrogens with one attached hydrogen (secondary N) is 1. The fraction of sp³-hybridized carbons (Fsp3) is 0.381. The molecule has 1 aliphatic carbocycles. The quantitative estimate of drug-likeness (QED) is 0.360. The molecule has 2 aromatic rings. The van der Waals surface area contributed by atoms with Gasteiger partial charge < -0.3 is 30.7 Å². The molecule has 0 bridgehead atoms. The lowest BCUT2D eigenvalue weighted by atomic mass is 9.93. The lowest BCUT2D eigenvalue weighted by Crippen LogP contribution is -2.26. The second-order valence-electron chi connectivity index (χ2n) is 6.97. The van der Waals surface area contributed by atoms with E-state index in [0.29, 0.717) is 30.2 Å². The molecule has 1 aliphatic rings. The van der Waals surface area contributed by atoms with E-state index in [2.05, 4.69) is 15.5 Å². The molecule has 0 unspecified atom stereocenters. The van der Waals surface area contributed by atoms with Gasteiger partial charge >= 0.3 is 0 Å². The van der Waals surface area contributed by atoms with Crippen LogP contribution in [-0.2, 0) is 12.8 Å². The summed E-state index contributed by atoms with van der Waals surface area (Å²) >= 11 is 0. The number of ether oxygens (including phenoxy) is 2. The Bertz CT molecular complexity index is 990. The average Bonchev–Trinajstić information content (AvgIpc) is 3.09. The van der Waals surface area contributed by atoms with Gasteiger partial charge in [-0.05, 0) is 43.9 Å². The minimum Gasteiger partial charge on any atom is -0.493 e. The first kappa shape index (κ1) is 21.2. The molecule has 0 radical (unpaired) electrons. The van der Waals surface area contributed by atoms with Gasteiger partial charge in [-0.3, -0.25) is 4.79 Å². The van der Waals surface area contributed by atoms with Crippen molar-refractivity contribution in [1.82, 2.24) is 5.32 Å². The zero-order valence-electron chi connectivity index (χ0n) is 17.4. The Balaban J connectivity index is 1.70. The smallest absolute Gasteiger partial charge is 0.287 e. The van der Waals surface area contributed by atoms with Crippen LogP contribution >= 0.6 is 0 Å². The first-order chi connectivity index (χ1) is 14.4. The number of guanidine groups is 1. The lowest BCUT2D eigenvalue weighted by Gasteiger charge is -2.11. The van der Waals surface area contributed by atoms with Crippen molar-refractivity contribution in [2.75, 3.05) is 20.8 Å². The molecule has 0 aliphatic heterocycles. The maximum atomic E-state index is 12.7. The summed E-state index contributed by atoms with van der Waals surface area (Å²) in [7, 11) is 3.19. The number of hydrogen-bond acceptors (Lipinski definition) is 6. The summed E-state index contributed by atoms with van der Waals surface area (Å²) in [5, 5.41) is 10.8. The minimum atomic E-state index is -0.261. The molecule has 0 spiro atoms. The molecule has 0 fully saturated rings.